The van der Waals surface area contributed by atoms with Crippen LogP contribution in [0, 0.1) is 0 Å². The van der Waals surface area contributed by atoms with Crippen molar-refractivity contribution in [2.24, 2.45) is 5.10 Å². The van der Waals surface area contributed by atoms with Gasteiger partial charge in [-0.3, -0.25) is 4.79 Å². The van der Waals surface area contributed by atoms with Gasteiger partial charge in [-0.1, -0.05) is 29.3 Å². The van der Waals surface area contributed by atoms with Crippen molar-refractivity contribution in [2.45, 2.75) is 0 Å². The molecule has 22 heavy (non-hydrogen) atoms. The van der Waals surface area contributed by atoms with E-state index in [9.17, 15) is 4.79 Å². The highest BCUT2D eigenvalue weighted by Gasteiger charge is 2.15. The monoisotopic (exact) mass is 336 g/mol. The topological polar surface area (TPSA) is 59.9 Å². The summed E-state index contributed by atoms with van der Waals surface area (Å²) in [7, 11) is 0. The Morgan fingerprint density at radius 2 is 1.95 bits per heavy atom. The smallest absolute Gasteiger partial charge is 0.271 e. The van der Waals surface area contributed by atoms with Crippen molar-refractivity contribution < 1.29 is 14.3 Å². The van der Waals surface area contributed by atoms with Gasteiger partial charge >= 0.3 is 0 Å². The first-order valence-electron chi connectivity index (χ1n) is 6.31. The lowest BCUT2D eigenvalue weighted by Crippen LogP contribution is -2.17. The number of hydrogen-bond acceptors (Lipinski definition) is 4. The molecule has 0 aromatic heterocycles. The van der Waals surface area contributed by atoms with Gasteiger partial charge in [-0.2, -0.15) is 5.10 Å². The summed E-state index contributed by atoms with van der Waals surface area (Å²) in [5.74, 6) is 0.796. The van der Waals surface area contributed by atoms with E-state index in [0.29, 0.717) is 32.7 Å². The number of rotatable bonds is 3. The Hall–Kier alpha value is -2.24. The molecule has 1 aliphatic heterocycles. The number of halogens is 2. The molecule has 5 nitrogen and oxygen atoms in total. The van der Waals surface area contributed by atoms with Gasteiger partial charge in [-0.25, -0.2) is 5.43 Å². The van der Waals surface area contributed by atoms with Gasteiger partial charge in [-0.05, 0) is 30.3 Å². The zero-order valence-corrected chi connectivity index (χ0v) is 12.7. The van der Waals surface area contributed by atoms with E-state index in [1.54, 1.807) is 36.4 Å². The quantitative estimate of drug-likeness (QED) is 0.689. The molecular weight excluding hydrogens is 327 g/mol. The standard InChI is InChI=1S/C15H10Cl2N2O3/c16-11-3-1-10(12(17)6-11)7-18-19-15(20)9-2-4-13-14(5-9)22-8-21-13/h1-7H,8H2,(H,19,20). The van der Waals surface area contributed by atoms with Gasteiger partial charge in [0.15, 0.2) is 11.5 Å². The lowest BCUT2D eigenvalue weighted by molar-refractivity contribution is 0.0954. The van der Waals surface area contributed by atoms with Gasteiger partial charge in [-0.15, -0.1) is 0 Å². The van der Waals surface area contributed by atoms with Crippen LogP contribution >= 0.6 is 23.2 Å². The molecule has 0 radical (unpaired) electrons. The summed E-state index contributed by atoms with van der Waals surface area (Å²) in [5, 5.41) is 4.86. The molecule has 0 fully saturated rings. The maximum absolute atomic E-state index is 12.0. The van der Waals surface area contributed by atoms with Gasteiger partial charge in [0.1, 0.15) is 0 Å². The largest absolute Gasteiger partial charge is 0.454 e. The molecule has 112 valence electrons. The van der Waals surface area contributed by atoms with Crippen molar-refractivity contribution in [3.8, 4) is 11.5 Å². The third-order valence-electron chi connectivity index (χ3n) is 2.97. The molecule has 1 amide bonds. The van der Waals surface area contributed by atoms with Gasteiger partial charge in [0.05, 0.1) is 11.2 Å². The maximum Gasteiger partial charge on any atom is 0.271 e. The fourth-order valence-electron chi connectivity index (χ4n) is 1.87. The molecule has 0 unspecified atom stereocenters. The molecule has 1 heterocycles. The highest BCUT2D eigenvalue weighted by molar-refractivity contribution is 6.36. The van der Waals surface area contributed by atoms with Crippen LogP contribution in [0.4, 0.5) is 0 Å². The predicted octanol–water partition coefficient (Wildman–Crippen LogP) is 3.49. The van der Waals surface area contributed by atoms with E-state index in [4.69, 9.17) is 32.7 Å². The highest BCUT2D eigenvalue weighted by atomic mass is 35.5. The first-order valence-corrected chi connectivity index (χ1v) is 7.07. The van der Waals surface area contributed by atoms with Crippen molar-refractivity contribution in [1.82, 2.24) is 5.43 Å². The molecular formula is C15H10Cl2N2O3. The van der Waals surface area contributed by atoms with E-state index < -0.39 is 0 Å². The van der Waals surface area contributed by atoms with E-state index in [1.165, 1.54) is 6.21 Å². The molecule has 2 aromatic carbocycles. The van der Waals surface area contributed by atoms with Crippen LogP contribution in [-0.4, -0.2) is 18.9 Å². The van der Waals surface area contributed by atoms with Crippen LogP contribution in [0.15, 0.2) is 41.5 Å². The second kappa shape index (κ2) is 6.25. The summed E-state index contributed by atoms with van der Waals surface area (Å²) >= 11 is 11.8. The van der Waals surface area contributed by atoms with Crippen LogP contribution in [0.25, 0.3) is 0 Å². The Bertz CT molecular complexity index is 762. The highest BCUT2D eigenvalue weighted by Crippen LogP contribution is 2.32. The summed E-state index contributed by atoms with van der Waals surface area (Å²) in [6.45, 7) is 0.160. The van der Waals surface area contributed by atoms with Crippen molar-refractivity contribution in [2.75, 3.05) is 6.79 Å². The minimum Gasteiger partial charge on any atom is -0.454 e. The van der Waals surface area contributed by atoms with Gasteiger partial charge < -0.3 is 9.47 Å². The summed E-state index contributed by atoms with van der Waals surface area (Å²) in [5.41, 5.74) is 3.49. The Balaban J connectivity index is 1.68. The first-order chi connectivity index (χ1) is 10.6. The Morgan fingerprint density at radius 3 is 2.77 bits per heavy atom. The number of carbonyl (C=O) groups excluding carboxylic acids is 1. The summed E-state index contributed by atoms with van der Waals surface area (Å²) in [6, 6.07) is 9.91. The Labute approximate surface area is 136 Å². The SMILES string of the molecule is O=C(NN=Cc1ccc(Cl)cc1Cl)c1ccc2c(c1)OCO2. The molecule has 0 spiro atoms. The van der Waals surface area contributed by atoms with Gasteiger partial charge in [0.25, 0.3) is 5.91 Å². The summed E-state index contributed by atoms with van der Waals surface area (Å²) in [6.07, 6.45) is 1.45. The number of carbonyl (C=O) groups is 1. The molecule has 2 aromatic rings. The maximum atomic E-state index is 12.0. The van der Waals surface area contributed by atoms with Crippen molar-refractivity contribution >= 4 is 35.3 Å². The number of amides is 1. The lowest BCUT2D eigenvalue weighted by atomic mass is 10.2. The van der Waals surface area contributed by atoms with Crippen molar-refractivity contribution in [3.63, 3.8) is 0 Å². The van der Waals surface area contributed by atoms with Crippen LogP contribution in [0.3, 0.4) is 0 Å². The number of nitrogens with one attached hydrogen (secondary N) is 1. The van der Waals surface area contributed by atoms with E-state index in [0.717, 1.165) is 0 Å². The minimum absolute atomic E-state index is 0.160. The fraction of sp³-hybridized carbons (Fsp3) is 0.0667. The molecule has 0 aliphatic carbocycles. The average Bonchev–Trinajstić information content (AvgIpc) is 2.96. The molecule has 7 heteroatoms. The number of ether oxygens (including phenoxy) is 2. The summed E-state index contributed by atoms with van der Waals surface area (Å²) < 4.78 is 10.4. The van der Waals surface area contributed by atoms with Crippen LogP contribution in [0.2, 0.25) is 10.0 Å². The number of hydrogen-bond donors (Lipinski definition) is 1. The van der Waals surface area contributed by atoms with Crippen LogP contribution < -0.4 is 14.9 Å². The van der Waals surface area contributed by atoms with Crippen molar-refractivity contribution in [3.05, 3.63) is 57.6 Å². The molecule has 0 bridgehead atoms. The van der Waals surface area contributed by atoms with Crippen LogP contribution in [0.1, 0.15) is 15.9 Å². The first kappa shape index (κ1) is 14.7. The molecule has 0 atom stereocenters. The molecule has 1 N–H and O–H groups in total. The third-order valence-corrected chi connectivity index (χ3v) is 3.53. The molecule has 0 saturated carbocycles. The summed E-state index contributed by atoms with van der Waals surface area (Å²) in [4.78, 5) is 12.0. The number of hydrazone groups is 1. The second-order valence-corrected chi connectivity index (χ2v) is 5.28. The minimum atomic E-state index is -0.361. The van der Waals surface area contributed by atoms with Crippen molar-refractivity contribution in [1.29, 1.82) is 0 Å². The van der Waals surface area contributed by atoms with E-state index in [2.05, 4.69) is 10.5 Å². The second-order valence-electron chi connectivity index (χ2n) is 4.43. The lowest BCUT2D eigenvalue weighted by Gasteiger charge is -2.02. The van der Waals surface area contributed by atoms with Crippen LogP contribution in [-0.2, 0) is 0 Å². The molecule has 1 aliphatic rings. The predicted molar refractivity (Wildman–Crippen MR) is 84.1 cm³/mol. The Kier molecular flexibility index (Phi) is 4.18. The van der Waals surface area contributed by atoms with Gasteiger partial charge in [0.2, 0.25) is 6.79 Å². The zero-order valence-electron chi connectivity index (χ0n) is 11.2. The normalized spacial score (nSPS) is 12.6. The number of benzene rings is 2. The molecule has 3 rings (SSSR count). The van der Waals surface area contributed by atoms with E-state index in [-0.39, 0.29) is 12.7 Å². The number of nitrogens with zero attached hydrogens (tertiary/aromatic N) is 1. The average molecular weight is 337 g/mol. The molecule has 0 saturated heterocycles. The van der Waals surface area contributed by atoms with Gasteiger partial charge in [0, 0.05) is 16.1 Å². The number of fused-ring (bicyclic) bond motifs is 1. The van der Waals surface area contributed by atoms with E-state index in [1.807, 2.05) is 0 Å². The fourth-order valence-corrected chi connectivity index (χ4v) is 2.33. The van der Waals surface area contributed by atoms with Crippen LogP contribution in [0.5, 0.6) is 11.5 Å². The zero-order chi connectivity index (χ0) is 15.5. The van der Waals surface area contributed by atoms with E-state index >= 15 is 0 Å². The third kappa shape index (κ3) is 3.16. The Morgan fingerprint density at radius 1 is 1.14 bits per heavy atom.